The molecule has 1 amide bonds. The molecule has 1 aromatic heterocycles. The van der Waals surface area contributed by atoms with Crippen molar-refractivity contribution in [3.63, 3.8) is 0 Å². The highest BCUT2D eigenvalue weighted by Crippen LogP contribution is 2.36. The molecule has 2 aliphatic rings. The fourth-order valence-electron chi connectivity index (χ4n) is 5.04. The van der Waals surface area contributed by atoms with Crippen LogP contribution in [0.4, 0.5) is 11.5 Å². The fraction of sp³-hybridized carbons (Fsp3) is 0.414. The Morgan fingerprint density at radius 2 is 1.77 bits per heavy atom. The molecule has 11 heteroatoms. The highest BCUT2D eigenvalue weighted by Gasteiger charge is 2.33. The number of amides is 1. The second-order valence-electron chi connectivity index (χ2n) is 9.80. The average molecular weight is 580 g/mol. The third-order valence-corrected chi connectivity index (χ3v) is 8.58. The van der Waals surface area contributed by atoms with Gasteiger partial charge in [-0.15, -0.1) is 0 Å². The van der Waals surface area contributed by atoms with Gasteiger partial charge in [0, 0.05) is 56.9 Å². The Hall–Kier alpha value is -3.62. The summed E-state index contributed by atoms with van der Waals surface area (Å²) >= 11 is 6.61. The summed E-state index contributed by atoms with van der Waals surface area (Å²) in [6.45, 7) is 7.36. The number of hydrogen-bond donors (Lipinski definition) is 1. The zero-order valence-electron chi connectivity index (χ0n) is 22.8. The van der Waals surface area contributed by atoms with Crippen molar-refractivity contribution < 1.29 is 14.7 Å². The van der Waals surface area contributed by atoms with Crippen molar-refractivity contribution in [2.24, 2.45) is 0 Å². The first-order chi connectivity index (χ1) is 19.3. The molecule has 3 heterocycles. The molecule has 1 N–H and O–H groups in total. The van der Waals surface area contributed by atoms with Crippen LogP contribution in [-0.4, -0.2) is 63.5 Å². The lowest BCUT2D eigenvalue weighted by molar-refractivity contribution is -0.137. The first kappa shape index (κ1) is 29.4. The number of carboxylic acid groups (broad SMARTS) is 1. The highest BCUT2D eigenvalue weighted by atomic mass is 32.2. The van der Waals surface area contributed by atoms with Crippen LogP contribution in [0.25, 0.3) is 6.08 Å². The van der Waals surface area contributed by atoms with Gasteiger partial charge in [-0.3, -0.25) is 23.9 Å². The van der Waals surface area contributed by atoms with Gasteiger partial charge in [-0.2, -0.15) is 5.26 Å². The molecule has 2 saturated heterocycles. The number of nitriles is 1. The largest absolute Gasteiger partial charge is 0.481 e. The van der Waals surface area contributed by atoms with E-state index in [-0.39, 0.29) is 30.0 Å². The molecule has 9 nitrogen and oxygen atoms in total. The van der Waals surface area contributed by atoms with Gasteiger partial charge in [-0.25, -0.2) is 0 Å². The summed E-state index contributed by atoms with van der Waals surface area (Å²) in [5, 5.41) is 18.9. The number of rotatable bonds is 10. The molecular formula is C29H33N5O4S2. The van der Waals surface area contributed by atoms with E-state index in [0.717, 1.165) is 49.2 Å². The van der Waals surface area contributed by atoms with Gasteiger partial charge in [0.1, 0.15) is 21.8 Å². The van der Waals surface area contributed by atoms with E-state index in [1.807, 2.05) is 18.2 Å². The molecule has 40 heavy (non-hydrogen) atoms. The molecule has 4 rings (SSSR count). The Bertz CT molecular complexity index is 1420. The lowest BCUT2D eigenvalue weighted by atomic mass is 10.0. The summed E-state index contributed by atoms with van der Waals surface area (Å²) < 4.78 is 2.07. The van der Waals surface area contributed by atoms with E-state index in [1.54, 1.807) is 17.6 Å². The summed E-state index contributed by atoms with van der Waals surface area (Å²) in [6.07, 6.45) is 3.66. The minimum atomic E-state index is -0.924. The fourth-order valence-corrected chi connectivity index (χ4v) is 6.33. The van der Waals surface area contributed by atoms with Crippen molar-refractivity contribution >= 4 is 57.8 Å². The second kappa shape index (κ2) is 13.2. The van der Waals surface area contributed by atoms with Crippen LogP contribution < -0.4 is 15.4 Å². The second-order valence-corrected chi connectivity index (χ2v) is 11.5. The molecule has 2 aromatic rings. The van der Waals surface area contributed by atoms with Crippen LogP contribution in [0.2, 0.25) is 0 Å². The summed E-state index contributed by atoms with van der Waals surface area (Å²) in [5.41, 5.74) is 2.12. The number of carbonyl (C=O) groups excluding carboxylic acids is 1. The molecule has 0 atom stereocenters. The number of carbonyl (C=O) groups is 2. The number of carboxylic acids is 1. The van der Waals surface area contributed by atoms with Gasteiger partial charge in [0.2, 0.25) is 0 Å². The van der Waals surface area contributed by atoms with Crippen LogP contribution in [0.15, 0.2) is 40.0 Å². The number of aromatic nitrogens is 1. The van der Waals surface area contributed by atoms with Crippen molar-refractivity contribution in [1.29, 1.82) is 5.26 Å². The SMILES string of the molecule is CCCCn1c(N2CCN(c3ccccc3)CC2)c(C=C2SC(=S)N(CCCC(=O)O)C2=O)c(C)c(C#N)c1=O. The molecule has 0 saturated carbocycles. The van der Waals surface area contributed by atoms with E-state index in [2.05, 4.69) is 34.9 Å². The molecular weight excluding hydrogens is 546 g/mol. The van der Waals surface area contributed by atoms with E-state index in [4.69, 9.17) is 17.3 Å². The van der Waals surface area contributed by atoms with Gasteiger partial charge in [0.25, 0.3) is 11.5 Å². The van der Waals surface area contributed by atoms with Crippen LogP contribution >= 0.6 is 24.0 Å². The van der Waals surface area contributed by atoms with E-state index in [1.165, 1.54) is 4.90 Å². The molecule has 2 aliphatic heterocycles. The maximum Gasteiger partial charge on any atom is 0.303 e. The first-order valence-electron chi connectivity index (χ1n) is 13.5. The van der Waals surface area contributed by atoms with Crippen molar-refractivity contribution in [2.75, 3.05) is 42.5 Å². The summed E-state index contributed by atoms with van der Waals surface area (Å²) in [5.74, 6) is -0.491. The van der Waals surface area contributed by atoms with Gasteiger partial charge < -0.3 is 14.9 Å². The minimum Gasteiger partial charge on any atom is -0.481 e. The highest BCUT2D eigenvalue weighted by molar-refractivity contribution is 8.26. The Morgan fingerprint density at radius 1 is 1.10 bits per heavy atom. The van der Waals surface area contributed by atoms with Crippen LogP contribution in [-0.2, 0) is 16.1 Å². The molecule has 210 valence electrons. The maximum atomic E-state index is 13.5. The smallest absolute Gasteiger partial charge is 0.303 e. The van der Waals surface area contributed by atoms with Crippen LogP contribution in [0.1, 0.15) is 49.3 Å². The number of para-hydroxylation sites is 1. The minimum absolute atomic E-state index is 0.0533. The number of aliphatic carboxylic acids is 1. The number of piperazine rings is 1. The van der Waals surface area contributed by atoms with E-state index >= 15 is 0 Å². The lowest BCUT2D eigenvalue weighted by Gasteiger charge is -2.39. The first-order valence-corrected chi connectivity index (χ1v) is 14.7. The normalized spacial score (nSPS) is 16.6. The number of benzene rings is 1. The Kier molecular flexibility index (Phi) is 9.66. The Balaban J connectivity index is 1.74. The van der Waals surface area contributed by atoms with E-state index < -0.39 is 5.97 Å². The van der Waals surface area contributed by atoms with Crippen LogP contribution in [0.3, 0.4) is 0 Å². The summed E-state index contributed by atoms with van der Waals surface area (Å²) in [7, 11) is 0. The zero-order chi connectivity index (χ0) is 28.8. The van der Waals surface area contributed by atoms with E-state index in [9.17, 15) is 19.6 Å². The molecule has 0 aliphatic carbocycles. The standard InChI is InChI=1S/C29H33N5O4S2/c1-3-4-12-33-26(32-16-14-31(15-17-32)21-9-6-5-7-10-21)22(20(2)23(19-30)27(33)37)18-24-28(38)34(29(39)40-24)13-8-11-25(35)36/h5-7,9-10,18H,3-4,8,11-17H2,1-2H3,(H,35,36). The number of unbranched alkanes of at least 4 members (excludes halogenated alkanes) is 1. The molecule has 0 spiro atoms. The number of anilines is 2. The number of pyridine rings is 1. The quantitative estimate of drug-likeness (QED) is 0.327. The van der Waals surface area contributed by atoms with Crippen LogP contribution in [0, 0.1) is 18.3 Å². The monoisotopic (exact) mass is 579 g/mol. The molecule has 0 radical (unpaired) electrons. The third kappa shape index (κ3) is 6.24. The van der Waals surface area contributed by atoms with Crippen molar-refractivity contribution in [3.8, 4) is 6.07 Å². The van der Waals surface area contributed by atoms with E-state index in [0.29, 0.717) is 46.4 Å². The van der Waals surface area contributed by atoms with Gasteiger partial charge >= 0.3 is 5.97 Å². The molecule has 0 unspecified atom stereocenters. The van der Waals surface area contributed by atoms with Crippen LogP contribution in [0.5, 0.6) is 0 Å². The Morgan fingerprint density at radius 3 is 2.40 bits per heavy atom. The number of nitrogens with zero attached hydrogens (tertiary/aromatic N) is 5. The summed E-state index contributed by atoms with van der Waals surface area (Å²) in [4.78, 5) is 44.1. The number of thioether (sulfide) groups is 1. The Labute approximate surface area is 243 Å². The van der Waals surface area contributed by atoms with Gasteiger partial charge in [0.15, 0.2) is 0 Å². The average Bonchev–Trinajstić information content (AvgIpc) is 3.22. The van der Waals surface area contributed by atoms with Gasteiger partial charge in [-0.05, 0) is 43.5 Å². The summed E-state index contributed by atoms with van der Waals surface area (Å²) in [6, 6.07) is 12.3. The lowest BCUT2D eigenvalue weighted by Crippen LogP contribution is -2.48. The van der Waals surface area contributed by atoms with Crippen molar-refractivity contribution in [2.45, 2.75) is 46.1 Å². The van der Waals surface area contributed by atoms with Gasteiger partial charge in [-0.1, -0.05) is 55.5 Å². The molecule has 0 bridgehead atoms. The predicted octanol–water partition coefficient (Wildman–Crippen LogP) is 4.22. The topological polar surface area (TPSA) is 110 Å². The molecule has 1 aromatic carbocycles. The number of thiocarbonyl (C=S) groups is 1. The number of hydrogen-bond acceptors (Lipinski definition) is 8. The predicted molar refractivity (Wildman–Crippen MR) is 163 cm³/mol. The van der Waals surface area contributed by atoms with Gasteiger partial charge in [0.05, 0.1) is 4.91 Å². The molecule has 2 fully saturated rings. The van der Waals surface area contributed by atoms with Crippen molar-refractivity contribution in [3.05, 3.63) is 62.3 Å². The third-order valence-electron chi connectivity index (χ3n) is 7.20. The van der Waals surface area contributed by atoms with Crippen molar-refractivity contribution in [1.82, 2.24) is 9.47 Å². The maximum absolute atomic E-state index is 13.5. The zero-order valence-corrected chi connectivity index (χ0v) is 24.4.